The van der Waals surface area contributed by atoms with Gasteiger partial charge in [-0.15, -0.1) is 0 Å². The first kappa shape index (κ1) is 20.8. The Balaban J connectivity index is 1.51. The molecule has 4 rings (SSSR count). The van der Waals surface area contributed by atoms with Crippen molar-refractivity contribution >= 4 is 42.6 Å². The van der Waals surface area contributed by atoms with Crippen LogP contribution in [0.5, 0.6) is 5.75 Å². The van der Waals surface area contributed by atoms with Gasteiger partial charge in [-0.05, 0) is 69.2 Å². The van der Waals surface area contributed by atoms with Crippen LogP contribution < -0.4 is 10.1 Å². The number of aromatic nitrogens is 1. The average Bonchev–Trinajstić information content (AvgIpc) is 3.37. The van der Waals surface area contributed by atoms with Gasteiger partial charge in [0.25, 0.3) is 5.91 Å². The van der Waals surface area contributed by atoms with Gasteiger partial charge in [-0.1, -0.05) is 11.3 Å². The number of amides is 1. The second-order valence-corrected chi connectivity index (χ2v) is 10.4. The first-order valence-electron chi connectivity index (χ1n) is 9.82. The Morgan fingerprint density at radius 1 is 1.13 bits per heavy atom. The van der Waals surface area contributed by atoms with Crippen molar-refractivity contribution in [2.75, 3.05) is 18.4 Å². The molecule has 0 radical (unpaired) electrons. The van der Waals surface area contributed by atoms with Crippen LogP contribution in [0.2, 0.25) is 0 Å². The van der Waals surface area contributed by atoms with Crippen LogP contribution >= 0.6 is 11.3 Å². The summed E-state index contributed by atoms with van der Waals surface area (Å²) in [5, 5.41) is 3.21. The molecule has 30 heavy (non-hydrogen) atoms. The van der Waals surface area contributed by atoms with E-state index in [1.807, 2.05) is 13.8 Å². The fourth-order valence-corrected chi connectivity index (χ4v) is 5.84. The largest absolute Gasteiger partial charge is 0.491 e. The summed E-state index contributed by atoms with van der Waals surface area (Å²) in [6.07, 6.45) is 1.84. The van der Waals surface area contributed by atoms with Gasteiger partial charge in [0.05, 0.1) is 21.2 Å². The summed E-state index contributed by atoms with van der Waals surface area (Å²) in [5.41, 5.74) is 1.14. The number of thiazole rings is 1. The molecule has 1 aliphatic rings. The molecule has 0 spiro atoms. The number of hydrogen-bond donors (Lipinski definition) is 1. The molecule has 0 unspecified atom stereocenters. The number of sulfonamides is 1. The molecule has 2 aromatic carbocycles. The quantitative estimate of drug-likeness (QED) is 0.617. The highest BCUT2D eigenvalue weighted by atomic mass is 32.2. The molecule has 9 heteroatoms. The summed E-state index contributed by atoms with van der Waals surface area (Å²) in [6, 6.07) is 11.8. The summed E-state index contributed by atoms with van der Waals surface area (Å²) in [7, 11) is -3.49. The molecule has 0 atom stereocenters. The van der Waals surface area contributed by atoms with E-state index in [2.05, 4.69) is 10.3 Å². The van der Waals surface area contributed by atoms with Crippen molar-refractivity contribution in [3.63, 3.8) is 0 Å². The molecule has 1 aliphatic heterocycles. The summed E-state index contributed by atoms with van der Waals surface area (Å²) in [4.78, 5) is 17.2. The fourth-order valence-electron chi connectivity index (χ4n) is 3.32. The first-order valence-corrected chi connectivity index (χ1v) is 12.1. The lowest BCUT2D eigenvalue weighted by Gasteiger charge is -2.15. The predicted molar refractivity (Wildman–Crippen MR) is 118 cm³/mol. The predicted octanol–water partition coefficient (Wildman–Crippen LogP) is 4.12. The van der Waals surface area contributed by atoms with Gasteiger partial charge in [0.2, 0.25) is 10.0 Å². The number of carbonyl (C=O) groups excluding carboxylic acids is 1. The van der Waals surface area contributed by atoms with Gasteiger partial charge < -0.3 is 4.74 Å². The maximum absolute atomic E-state index is 12.8. The van der Waals surface area contributed by atoms with Crippen molar-refractivity contribution in [2.45, 2.75) is 37.7 Å². The van der Waals surface area contributed by atoms with E-state index in [0.29, 0.717) is 39.8 Å². The highest BCUT2D eigenvalue weighted by Gasteiger charge is 2.27. The number of carbonyl (C=O) groups is 1. The molecular formula is C21H23N3O4S2. The normalized spacial score (nSPS) is 15.0. The molecule has 1 amide bonds. The minimum absolute atomic E-state index is 0.0617. The molecule has 2 heterocycles. The SMILES string of the molecule is CC(C)Oc1ccc(C(=O)Nc2nc3ccc(S(=O)(=O)N4CCCC4)cc3s2)cc1. The molecule has 1 saturated heterocycles. The van der Waals surface area contributed by atoms with Gasteiger partial charge in [0, 0.05) is 18.7 Å². The van der Waals surface area contributed by atoms with Crippen molar-refractivity contribution in [2.24, 2.45) is 0 Å². The Labute approximate surface area is 179 Å². The number of hydrogen-bond acceptors (Lipinski definition) is 6. The number of anilines is 1. The number of nitrogens with one attached hydrogen (secondary N) is 1. The van der Waals surface area contributed by atoms with E-state index >= 15 is 0 Å². The van der Waals surface area contributed by atoms with E-state index in [4.69, 9.17) is 4.74 Å². The number of benzene rings is 2. The second-order valence-electron chi connectivity index (χ2n) is 7.40. The number of fused-ring (bicyclic) bond motifs is 1. The lowest BCUT2D eigenvalue weighted by Crippen LogP contribution is -2.27. The third-order valence-corrected chi connectivity index (χ3v) is 7.60. The number of ether oxygens (including phenoxy) is 1. The van der Waals surface area contributed by atoms with E-state index in [9.17, 15) is 13.2 Å². The van der Waals surface area contributed by atoms with Crippen LogP contribution in [-0.4, -0.2) is 42.8 Å². The molecular weight excluding hydrogens is 422 g/mol. The standard InChI is InChI=1S/C21H23N3O4S2/c1-14(2)28-16-7-5-15(6-8-16)20(25)23-21-22-18-10-9-17(13-19(18)29-21)30(26,27)24-11-3-4-12-24/h5-10,13-14H,3-4,11-12H2,1-2H3,(H,22,23,25). The van der Waals surface area contributed by atoms with Crippen LogP contribution in [0.15, 0.2) is 47.4 Å². The fraction of sp³-hybridized carbons (Fsp3) is 0.333. The lowest BCUT2D eigenvalue weighted by molar-refractivity contribution is 0.102. The second kappa shape index (κ2) is 8.33. The summed E-state index contributed by atoms with van der Waals surface area (Å²) < 4.78 is 33.4. The minimum Gasteiger partial charge on any atom is -0.491 e. The first-order chi connectivity index (χ1) is 14.3. The molecule has 1 aromatic heterocycles. The van der Waals surface area contributed by atoms with E-state index in [-0.39, 0.29) is 16.9 Å². The Kier molecular flexibility index (Phi) is 5.77. The van der Waals surface area contributed by atoms with Crippen LogP contribution in [0.3, 0.4) is 0 Å². The van der Waals surface area contributed by atoms with Crippen LogP contribution in [0.4, 0.5) is 5.13 Å². The summed E-state index contributed by atoms with van der Waals surface area (Å²) in [6.45, 7) is 5.00. The topological polar surface area (TPSA) is 88.6 Å². The molecule has 0 bridgehead atoms. The van der Waals surface area contributed by atoms with Crippen molar-refractivity contribution < 1.29 is 17.9 Å². The van der Waals surface area contributed by atoms with Gasteiger partial charge in [-0.25, -0.2) is 13.4 Å². The average molecular weight is 446 g/mol. The van der Waals surface area contributed by atoms with Crippen LogP contribution in [-0.2, 0) is 10.0 Å². The van der Waals surface area contributed by atoms with Crippen LogP contribution in [0, 0.1) is 0 Å². The van der Waals surface area contributed by atoms with E-state index in [1.54, 1.807) is 42.5 Å². The zero-order chi connectivity index (χ0) is 21.3. The third-order valence-electron chi connectivity index (χ3n) is 4.77. The van der Waals surface area contributed by atoms with E-state index in [1.165, 1.54) is 15.6 Å². The molecule has 3 aromatic rings. The Morgan fingerprint density at radius 3 is 2.50 bits per heavy atom. The van der Waals surface area contributed by atoms with E-state index < -0.39 is 10.0 Å². The molecule has 1 fully saturated rings. The number of rotatable bonds is 6. The summed E-state index contributed by atoms with van der Waals surface area (Å²) >= 11 is 1.25. The highest BCUT2D eigenvalue weighted by molar-refractivity contribution is 7.89. The van der Waals surface area contributed by atoms with Crippen LogP contribution in [0.25, 0.3) is 10.2 Å². The maximum atomic E-state index is 12.8. The van der Waals surface area contributed by atoms with E-state index in [0.717, 1.165) is 12.8 Å². The van der Waals surface area contributed by atoms with Gasteiger partial charge in [0.1, 0.15) is 5.75 Å². The molecule has 1 N–H and O–H groups in total. The van der Waals surface area contributed by atoms with Crippen molar-refractivity contribution in [3.05, 3.63) is 48.0 Å². The molecule has 0 aliphatic carbocycles. The highest BCUT2D eigenvalue weighted by Crippen LogP contribution is 2.30. The van der Waals surface area contributed by atoms with Gasteiger partial charge >= 0.3 is 0 Å². The summed E-state index contributed by atoms with van der Waals surface area (Å²) in [5.74, 6) is 0.420. The van der Waals surface area contributed by atoms with Gasteiger partial charge in [-0.2, -0.15) is 4.31 Å². The minimum atomic E-state index is -3.49. The van der Waals surface area contributed by atoms with Crippen molar-refractivity contribution in [1.82, 2.24) is 9.29 Å². The lowest BCUT2D eigenvalue weighted by atomic mass is 10.2. The zero-order valence-electron chi connectivity index (χ0n) is 16.8. The molecule has 158 valence electrons. The molecule has 0 saturated carbocycles. The van der Waals surface area contributed by atoms with Crippen molar-refractivity contribution in [1.29, 1.82) is 0 Å². The monoisotopic (exact) mass is 445 g/mol. The third kappa shape index (κ3) is 4.33. The Hall–Kier alpha value is -2.49. The van der Waals surface area contributed by atoms with Crippen LogP contribution in [0.1, 0.15) is 37.0 Å². The van der Waals surface area contributed by atoms with Gasteiger partial charge in [-0.3, -0.25) is 10.1 Å². The molecule has 7 nitrogen and oxygen atoms in total. The smallest absolute Gasteiger partial charge is 0.257 e. The maximum Gasteiger partial charge on any atom is 0.257 e. The van der Waals surface area contributed by atoms with Crippen molar-refractivity contribution in [3.8, 4) is 5.75 Å². The Bertz CT molecular complexity index is 1160. The Morgan fingerprint density at radius 2 is 1.83 bits per heavy atom. The van der Waals surface area contributed by atoms with Gasteiger partial charge in [0.15, 0.2) is 5.13 Å². The number of nitrogens with zero attached hydrogens (tertiary/aromatic N) is 2. The zero-order valence-corrected chi connectivity index (χ0v) is 18.4.